The molecule has 0 radical (unpaired) electrons. The Hall–Kier alpha value is -1.97. The molecule has 0 atom stereocenters. The summed E-state index contributed by atoms with van der Waals surface area (Å²) in [4.78, 5) is 23.8. The van der Waals surface area contributed by atoms with Gasteiger partial charge in [0.25, 0.3) is 5.91 Å². The third-order valence-corrected chi connectivity index (χ3v) is 7.17. The van der Waals surface area contributed by atoms with Gasteiger partial charge < -0.3 is 15.2 Å². The van der Waals surface area contributed by atoms with Crippen LogP contribution in [0.2, 0.25) is 0 Å². The number of carbonyl (C=O) groups is 2. The number of sulfonamides is 1. The van der Waals surface area contributed by atoms with Crippen LogP contribution < -0.4 is 5.32 Å². The highest BCUT2D eigenvalue weighted by molar-refractivity contribution is 7.89. The normalized spacial score (nSPS) is 19.4. The monoisotopic (exact) mass is 396 g/mol. The average Bonchev–Trinajstić information content (AvgIpc) is 3.47. The van der Waals surface area contributed by atoms with E-state index >= 15 is 0 Å². The standard InChI is InChI=1S/C18H24N2O6S/c1-2-13-3-4-14(16(21)19-12-18(5-6-18)17(22)23)11-15(13)27(24,25)20-7-9-26-10-8-20/h3-4,11H,2,5-10,12H2,1H3,(H,19,21)(H,22,23). The lowest BCUT2D eigenvalue weighted by atomic mass is 10.1. The Bertz CT molecular complexity index is 841. The van der Waals surface area contributed by atoms with Crippen molar-refractivity contribution in [3.05, 3.63) is 29.3 Å². The number of aliphatic carboxylic acids is 1. The molecule has 2 N–H and O–H groups in total. The lowest BCUT2D eigenvalue weighted by Gasteiger charge is -2.27. The van der Waals surface area contributed by atoms with Crippen molar-refractivity contribution in [2.24, 2.45) is 5.41 Å². The number of nitrogens with zero attached hydrogens (tertiary/aromatic N) is 1. The van der Waals surface area contributed by atoms with Gasteiger partial charge in [-0.1, -0.05) is 13.0 Å². The molecule has 0 bridgehead atoms. The van der Waals surface area contributed by atoms with Gasteiger partial charge in [0, 0.05) is 25.2 Å². The van der Waals surface area contributed by atoms with Crippen molar-refractivity contribution in [3.8, 4) is 0 Å². The summed E-state index contributed by atoms with van der Waals surface area (Å²) in [6.45, 7) is 3.15. The number of morpholine rings is 1. The summed E-state index contributed by atoms with van der Waals surface area (Å²) in [5, 5.41) is 11.8. The molecule has 1 aliphatic heterocycles. The Morgan fingerprint density at radius 1 is 1.26 bits per heavy atom. The number of hydrogen-bond donors (Lipinski definition) is 2. The first-order valence-electron chi connectivity index (χ1n) is 9.02. The molecule has 1 heterocycles. The molecule has 27 heavy (non-hydrogen) atoms. The molecule has 9 heteroatoms. The molecule has 8 nitrogen and oxygen atoms in total. The molecule has 0 unspecified atom stereocenters. The van der Waals surface area contributed by atoms with Gasteiger partial charge in [0.1, 0.15) is 0 Å². The summed E-state index contributed by atoms with van der Waals surface area (Å²) >= 11 is 0. The molecule has 2 aliphatic rings. The summed E-state index contributed by atoms with van der Waals surface area (Å²) in [6.07, 6.45) is 1.59. The number of carboxylic acids is 1. The maximum Gasteiger partial charge on any atom is 0.311 e. The van der Waals surface area contributed by atoms with Crippen LogP contribution in [0.5, 0.6) is 0 Å². The second kappa shape index (κ2) is 7.57. The first-order valence-corrected chi connectivity index (χ1v) is 10.5. The zero-order valence-corrected chi connectivity index (χ0v) is 16.0. The number of rotatable bonds is 7. The van der Waals surface area contributed by atoms with Crippen LogP contribution in [-0.2, 0) is 26.0 Å². The highest BCUT2D eigenvalue weighted by atomic mass is 32.2. The van der Waals surface area contributed by atoms with Crippen LogP contribution in [0.3, 0.4) is 0 Å². The van der Waals surface area contributed by atoms with Crippen LogP contribution in [0, 0.1) is 5.41 Å². The van der Waals surface area contributed by atoms with E-state index in [4.69, 9.17) is 4.74 Å². The van der Waals surface area contributed by atoms with E-state index in [1.807, 2.05) is 6.92 Å². The predicted molar refractivity (Wildman–Crippen MR) is 97.0 cm³/mol. The van der Waals surface area contributed by atoms with Crippen molar-refractivity contribution in [2.45, 2.75) is 31.1 Å². The van der Waals surface area contributed by atoms with E-state index < -0.39 is 27.3 Å². The third kappa shape index (κ3) is 3.99. The minimum Gasteiger partial charge on any atom is -0.481 e. The Morgan fingerprint density at radius 3 is 2.48 bits per heavy atom. The first-order chi connectivity index (χ1) is 12.8. The van der Waals surface area contributed by atoms with Gasteiger partial charge in [-0.25, -0.2) is 8.42 Å². The van der Waals surface area contributed by atoms with Gasteiger partial charge >= 0.3 is 5.97 Å². The zero-order valence-electron chi connectivity index (χ0n) is 15.2. The number of aryl methyl sites for hydroxylation is 1. The van der Waals surface area contributed by atoms with Crippen molar-refractivity contribution in [1.29, 1.82) is 0 Å². The van der Waals surface area contributed by atoms with Crippen molar-refractivity contribution < 1.29 is 27.9 Å². The molecule has 2 fully saturated rings. The first kappa shape index (κ1) is 19.8. The van der Waals surface area contributed by atoms with Crippen molar-refractivity contribution in [3.63, 3.8) is 0 Å². The van der Waals surface area contributed by atoms with E-state index in [0.717, 1.165) is 0 Å². The van der Waals surface area contributed by atoms with E-state index in [2.05, 4.69) is 5.32 Å². The molecule has 148 valence electrons. The van der Waals surface area contributed by atoms with Crippen LogP contribution in [0.1, 0.15) is 35.7 Å². The number of carbonyl (C=O) groups excluding carboxylic acids is 1. The second-order valence-corrected chi connectivity index (χ2v) is 8.87. The Balaban J connectivity index is 1.82. The van der Waals surface area contributed by atoms with E-state index in [1.165, 1.54) is 10.4 Å². The van der Waals surface area contributed by atoms with Gasteiger partial charge in [0.2, 0.25) is 10.0 Å². The summed E-state index contributed by atoms with van der Waals surface area (Å²) in [6, 6.07) is 4.61. The molecule has 1 aliphatic carbocycles. The minimum atomic E-state index is -3.73. The largest absolute Gasteiger partial charge is 0.481 e. The molecular formula is C18H24N2O6S. The highest BCUT2D eigenvalue weighted by Gasteiger charge is 2.50. The fraction of sp³-hybridized carbons (Fsp3) is 0.556. The van der Waals surface area contributed by atoms with Gasteiger partial charge in [-0.2, -0.15) is 4.31 Å². The maximum absolute atomic E-state index is 13.0. The lowest BCUT2D eigenvalue weighted by Crippen LogP contribution is -2.41. The lowest BCUT2D eigenvalue weighted by molar-refractivity contribution is -0.143. The molecule has 1 amide bonds. The van der Waals surface area contributed by atoms with Crippen LogP contribution in [0.4, 0.5) is 0 Å². The Kier molecular flexibility index (Phi) is 5.55. The number of nitrogens with one attached hydrogen (secondary N) is 1. The van der Waals surface area contributed by atoms with Gasteiger partial charge in [-0.3, -0.25) is 9.59 Å². The van der Waals surface area contributed by atoms with E-state index in [1.54, 1.807) is 12.1 Å². The molecule has 1 aromatic carbocycles. The van der Waals surface area contributed by atoms with Gasteiger partial charge in [0.05, 0.1) is 23.5 Å². The molecule has 0 aromatic heterocycles. The highest BCUT2D eigenvalue weighted by Crippen LogP contribution is 2.45. The maximum atomic E-state index is 13.0. The van der Waals surface area contributed by atoms with Crippen LogP contribution in [0.25, 0.3) is 0 Å². The van der Waals surface area contributed by atoms with E-state index in [-0.39, 0.29) is 30.1 Å². The zero-order chi connectivity index (χ0) is 19.7. The number of hydrogen-bond acceptors (Lipinski definition) is 5. The molecule has 1 aromatic rings. The van der Waals surface area contributed by atoms with E-state index in [9.17, 15) is 23.1 Å². The second-order valence-electron chi connectivity index (χ2n) is 6.96. The number of ether oxygens (including phenoxy) is 1. The van der Waals surface area contributed by atoms with Gasteiger partial charge in [-0.15, -0.1) is 0 Å². The number of amides is 1. The molecule has 0 spiro atoms. The molecule has 3 rings (SSSR count). The predicted octanol–water partition coefficient (Wildman–Crippen LogP) is 0.865. The SMILES string of the molecule is CCc1ccc(C(=O)NCC2(C(=O)O)CC2)cc1S(=O)(=O)N1CCOCC1. The Morgan fingerprint density at radius 2 is 1.93 bits per heavy atom. The van der Waals surface area contributed by atoms with Crippen molar-refractivity contribution >= 4 is 21.9 Å². The van der Waals surface area contributed by atoms with Crippen LogP contribution >= 0.6 is 0 Å². The number of benzene rings is 1. The van der Waals surface area contributed by atoms with Crippen LogP contribution in [-0.4, -0.2) is 62.6 Å². The molecule has 1 saturated heterocycles. The third-order valence-electron chi connectivity index (χ3n) is 5.19. The summed E-state index contributed by atoms with van der Waals surface area (Å²) in [7, 11) is -3.73. The molecular weight excluding hydrogens is 372 g/mol. The fourth-order valence-corrected chi connectivity index (χ4v) is 4.85. The fourth-order valence-electron chi connectivity index (χ4n) is 3.12. The van der Waals surface area contributed by atoms with Crippen molar-refractivity contribution in [1.82, 2.24) is 9.62 Å². The smallest absolute Gasteiger partial charge is 0.311 e. The quantitative estimate of drug-likeness (QED) is 0.707. The van der Waals surface area contributed by atoms with E-state index in [0.29, 0.717) is 38.0 Å². The molecule has 1 saturated carbocycles. The van der Waals surface area contributed by atoms with Gasteiger partial charge in [0.15, 0.2) is 0 Å². The van der Waals surface area contributed by atoms with Crippen LogP contribution in [0.15, 0.2) is 23.1 Å². The topological polar surface area (TPSA) is 113 Å². The summed E-state index contributed by atoms with van der Waals surface area (Å²) in [5.41, 5.74) is -0.0238. The average molecular weight is 396 g/mol. The minimum absolute atomic E-state index is 0.0439. The number of carboxylic acid groups (broad SMARTS) is 1. The van der Waals surface area contributed by atoms with Crippen molar-refractivity contribution in [2.75, 3.05) is 32.8 Å². The summed E-state index contributed by atoms with van der Waals surface area (Å²) < 4.78 is 32.6. The summed E-state index contributed by atoms with van der Waals surface area (Å²) in [5.74, 6) is -1.39. The van der Waals surface area contributed by atoms with Gasteiger partial charge in [-0.05, 0) is 37.0 Å². The Labute approximate surface area is 158 Å².